The van der Waals surface area contributed by atoms with Crippen LogP contribution >= 0.6 is 0 Å². The van der Waals surface area contributed by atoms with E-state index in [0.717, 1.165) is 49.9 Å². The Bertz CT molecular complexity index is 444. The number of rotatable bonds is 1. The minimum Gasteiger partial charge on any atom is -0.378 e. The van der Waals surface area contributed by atoms with Crippen molar-refractivity contribution >= 4 is 5.82 Å². The Labute approximate surface area is 107 Å². The minimum absolute atomic E-state index is 0.129. The van der Waals surface area contributed by atoms with Gasteiger partial charge in [-0.05, 0) is 13.8 Å². The maximum absolute atomic E-state index is 5.93. The Kier molecular flexibility index (Phi) is 2.95. The van der Waals surface area contributed by atoms with E-state index in [1.807, 2.05) is 20.0 Å². The number of hydrogen-bond acceptors (Lipinski definition) is 5. The molecule has 0 aromatic carbocycles. The predicted octanol–water partition coefficient (Wildman–Crippen LogP) is 1.09. The molecule has 0 amide bonds. The first-order valence-electron chi connectivity index (χ1n) is 6.45. The van der Waals surface area contributed by atoms with Crippen molar-refractivity contribution < 1.29 is 9.47 Å². The van der Waals surface area contributed by atoms with Crippen LogP contribution in [-0.4, -0.2) is 48.5 Å². The highest BCUT2D eigenvalue weighted by Gasteiger charge is 2.41. The summed E-state index contributed by atoms with van der Waals surface area (Å²) in [6.45, 7) is 7.94. The van der Waals surface area contributed by atoms with Crippen molar-refractivity contribution in [3.8, 4) is 0 Å². The fourth-order valence-corrected chi connectivity index (χ4v) is 2.68. The van der Waals surface area contributed by atoms with Gasteiger partial charge in [0, 0.05) is 25.8 Å². The summed E-state index contributed by atoms with van der Waals surface area (Å²) in [6.07, 6.45) is 2.79. The van der Waals surface area contributed by atoms with E-state index in [4.69, 9.17) is 9.47 Å². The maximum Gasteiger partial charge on any atom is 0.150 e. The molecule has 2 fully saturated rings. The lowest BCUT2D eigenvalue weighted by Crippen LogP contribution is -2.53. The summed E-state index contributed by atoms with van der Waals surface area (Å²) >= 11 is 0. The van der Waals surface area contributed by atoms with Crippen molar-refractivity contribution in [3.05, 3.63) is 17.6 Å². The molecule has 5 heteroatoms. The van der Waals surface area contributed by atoms with Gasteiger partial charge in [-0.1, -0.05) is 0 Å². The summed E-state index contributed by atoms with van der Waals surface area (Å²) in [4.78, 5) is 11.3. The van der Waals surface area contributed by atoms with Crippen molar-refractivity contribution in [3.63, 3.8) is 0 Å². The van der Waals surface area contributed by atoms with Gasteiger partial charge in [-0.3, -0.25) is 4.98 Å². The Morgan fingerprint density at radius 1 is 1.33 bits per heavy atom. The summed E-state index contributed by atoms with van der Waals surface area (Å²) in [5.74, 6) is 0.990. The number of nitrogens with zero attached hydrogens (tertiary/aromatic N) is 3. The number of anilines is 1. The zero-order chi connectivity index (χ0) is 12.6. The zero-order valence-electron chi connectivity index (χ0n) is 11.0. The first kappa shape index (κ1) is 11.9. The molecule has 2 saturated heterocycles. The molecular weight excluding hydrogens is 230 g/mol. The quantitative estimate of drug-likeness (QED) is 0.745. The van der Waals surface area contributed by atoms with Crippen molar-refractivity contribution in [1.82, 2.24) is 9.97 Å². The largest absolute Gasteiger partial charge is 0.378 e. The van der Waals surface area contributed by atoms with Gasteiger partial charge in [0.2, 0.25) is 0 Å². The fourth-order valence-electron chi connectivity index (χ4n) is 2.68. The lowest BCUT2D eigenvalue weighted by molar-refractivity contribution is -0.0581. The summed E-state index contributed by atoms with van der Waals surface area (Å²) < 4.78 is 11.4. The van der Waals surface area contributed by atoms with Gasteiger partial charge in [0.05, 0.1) is 31.1 Å². The van der Waals surface area contributed by atoms with Crippen molar-refractivity contribution in [1.29, 1.82) is 0 Å². The number of hydrogen-bond donors (Lipinski definition) is 0. The third-order valence-electron chi connectivity index (χ3n) is 3.67. The summed E-state index contributed by atoms with van der Waals surface area (Å²) in [7, 11) is 0. The third-order valence-corrected chi connectivity index (χ3v) is 3.67. The molecule has 3 heterocycles. The molecule has 0 bridgehead atoms. The fraction of sp³-hybridized carbons (Fsp3) is 0.692. The SMILES string of the molecule is Cc1cnc(C)c(N2CCOC3(CCOC3)C2)n1. The maximum atomic E-state index is 5.93. The lowest BCUT2D eigenvalue weighted by atomic mass is 10.0. The molecule has 5 nitrogen and oxygen atoms in total. The van der Waals surface area contributed by atoms with Gasteiger partial charge in [-0.25, -0.2) is 4.98 Å². The smallest absolute Gasteiger partial charge is 0.150 e. The van der Waals surface area contributed by atoms with Gasteiger partial charge in [0.1, 0.15) is 5.60 Å². The van der Waals surface area contributed by atoms with Crippen molar-refractivity contribution in [2.24, 2.45) is 0 Å². The van der Waals surface area contributed by atoms with Crippen LogP contribution in [0.2, 0.25) is 0 Å². The Morgan fingerprint density at radius 3 is 3.00 bits per heavy atom. The highest BCUT2D eigenvalue weighted by molar-refractivity contribution is 5.44. The zero-order valence-corrected chi connectivity index (χ0v) is 11.0. The van der Waals surface area contributed by atoms with E-state index >= 15 is 0 Å². The molecule has 1 atom stereocenters. The van der Waals surface area contributed by atoms with Crippen LogP contribution in [0.1, 0.15) is 17.8 Å². The van der Waals surface area contributed by atoms with Crippen LogP contribution in [0, 0.1) is 13.8 Å². The van der Waals surface area contributed by atoms with E-state index in [1.165, 1.54) is 0 Å². The normalized spacial score (nSPS) is 28.0. The molecule has 1 aromatic rings. The summed E-state index contributed by atoms with van der Waals surface area (Å²) in [6, 6.07) is 0. The van der Waals surface area contributed by atoms with E-state index in [0.29, 0.717) is 6.61 Å². The first-order valence-corrected chi connectivity index (χ1v) is 6.45. The van der Waals surface area contributed by atoms with E-state index < -0.39 is 0 Å². The molecule has 2 aliphatic heterocycles. The van der Waals surface area contributed by atoms with Crippen LogP contribution in [-0.2, 0) is 9.47 Å². The predicted molar refractivity (Wildman–Crippen MR) is 67.8 cm³/mol. The van der Waals surface area contributed by atoms with Gasteiger partial charge in [0.15, 0.2) is 5.82 Å². The monoisotopic (exact) mass is 249 g/mol. The summed E-state index contributed by atoms with van der Waals surface area (Å²) in [5.41, 5.74) is 1.81. The second-order valence-corrected chi connectivity index (χ2v) is 5.18. The first-order chi connectivity index (χ1) is 8.69. The molecule has 98 valence electrons. The van der Waals surface area contributed by atoms with E-state index in [-0.39, 0.29) is 5.60 Å². The van der Waals surface area contributed by atoms with E-state index in [2.05, 4.69) is 14.9 Å². The number of ether oxygens (including phenoxy) is 2. The average Bonchev–Trinajstić information content (AvgIpc) is 2.80. The van der Waals surface area contributed by atoms with Crippen LogP contribution < -0.4 is 4.90 Å². The Balaban J connectivity index is 1.85. The van der Waals surface area contributed by atoms with E-state index in [9.17, 15) is 0 Å². The van der Waals surface area contributed by atoms with Gasteiger partial charge >= 0.3 is 0 Å². The topological polar surface area (TPSA) is 47.5 Å². The average molecular weight is 249 g/mol. The molecule has 0 aliphatic carbocycles. The molecule has 0 saturated carbocycles. The highest BCUT2D eigenvalue weighted by Crippen LogP contribution is 2.30. The van der Waals surface area contributed by atoms with Crippen LogP contribution in [0.3, 0.4) is 0 Å². The summed E-state index contributed by atoms with van der Waals surface area (Å²) in [5, 5.41) is 0. The van der Waals surface area contributed by atoms with Gasteiger partial charge < -0.3 is 14.4 Å². The molecule has 3 rings (SSSR count). The highest BCUT2D eigenvalue weighted by atomic mass is 16.6. The molecule has 1 aromatic heterocycles. The van der Waals surface area contributed by atoms with Crippen molar-refractivity contribution in [2.75, 3.05) is 37.8 Å². The van der Waals surface area contributed by atoms with Crippen LogP contribution in [0.15, 0.2) is 6.20 Å². The molecule has 1 unspecified atom stereocenters. The molecule has 0 N–H and O–H groups in total. The minimum atomic E-state index is -0.129. The lowest BCUT2D eigenvalue weighted by Gasteiger charge is -2.40. The van der Waals surface area contributed by atoms with Gasteiger partial charge in [-0.15, -0.1) is 0 Å². The molecule has 2 aliphatic rings. The van der Waals surface area contributed by atoms with Gasteiger partial charge in [0.25, 0.3) is 0 Å². The standard InChI is InChI=1S/C13H19N3O2/c1-10-7-14-11(2)12(15-10)16-4-6-18-13(8-16)3-5-17-9-13/h7H,3-6,8-9H2,1-2H3. The Morgan fingerprint density at radius 2 is 2.22 bits per heavy atom. The second-order valence-electron chi connectivity index (χ2n) is 5.18. The van der Waals surface area contributed by atoms with E-state index in [1.54, 1.807) is 0 Å². The van der Waals surface area contributed by atoms with Crippen LogP contribution in [0.4, 0.5) is 5.82 Å². The van der Waals surface area contributed by atoms with Crippen LogP contribution in [0.25, 0.3) is 0 Å². The second kappa shape index (κ2) is 4.48. The van der Waals surface area contributed by atoms with Gasteiger partial charge in [-0.2, -0.15) is 0 Å². The Hall–Kier alpha value is -1.20. The molecule has 18 heavy (non-hydrogen) atoms. The van der Waals surface area contributed by atoms with Crippen LogP contribution in [0.5, 0.6) is 0 Å². The number of aryl methyl sites for hydroxylation is 2. The number of aromatic nitrogens is 2. The van der Waals surface area contributed by atoms with Crippen molar-refractivity contribution in [2.45, 2.75) is 25.9 Å². The molecular formula is C13H19N3O2. The third kappa shape index (κ3) is 2.08. The molecule has 0 radical (unpaired) electrons. The number of morpholine rings is 1. The molecule has 1 spiro atoms.